The molecule has 0 radical (unpaired) electrons. The summed E-state index contributed by atoms with van der Waals surface area (Å²) in [7, 11) is 0. The number of hydrogen-bond donors (Lipinski definition) is 1. The Balaban J connectivity index is 1.67. The van der Waals surface area contributed by atoms with Gasteiger partial charge in [0.1, 0.15) is 18.5 Å². The summed E-state index contributed by atoms with van der Waals surface area (Å²) >= 11 is 0. The summed E-state index contributed by atoms with van der Waals surface area (Å²) in [4.78, 5) is 16.6. The average molecular weight is 324 g/mol. The Bertz CT molecular complexity index is 889. The minimum Gasteiger partial charge on any atom is -0.491 e. The molecule has 1 heterocycles. The number of fused-ring (bicyclic) bond motifs is 1. The molecule has 2 aromatic carbocycles. The van der Waals surface area contributed by atoms with E-state index in [2.05, 4.69) is 11.9 Å². The van der Waals surface area contributed by atoms with Gasteiger partial charge in [0.15, 0.2) is 0 Å². The first-order valence-corrected chi connectivity index (χ1v) is 8.01. The molecule has 5 heteroatoms. The van der Waals surface area contributed by atoms with Crippen molar-refractivity contribution in [2.45, 2.75) is 26.0 Å². The molecule has 0 fully saturated rings. The normalized spacial score (nSPS) is 12.2. The van der Waals surface area contributed by atoms with Crippen LogP contribution in [0.5, 0.6) is 5.75 Å². The Hall–Kier alpha value is -2.66. The van der Waals surface area contributed by atoms with Gasteiger partial charge in [-0.15, -0.1) is 0 Å². The van der Waals surface area contributed by atoms with E-state index in [1.807, 2.05) is 30.3 Å². The molecule has 0 saturated carbocycles. The lowest BCUT2D eigenvalue weighted by Gasteiger charge is -2.14. The summed E-state index contributed by atoms with van der Waals surface area (Å²) in [6, 6.07) is 14.9. The summed E-state index contributed by atoms with van der Waals surface area (Å²) in [5, 5.41) is 10.7. The van der Waals surface area contributed by atoms with Gasteiger partial charge in [0.25, 0.3) is 5.56 Å². The van der Waals surface area contributed by atoms with E-state index in [0.717, 1.165) is 12.2 Å². The van der Waals surface area contributed by atoms with Crippen LogP contribution in [-0.4, -0.2) is 27.4 Å². The standard InChI is InChI=1S/C19H20N2O3/c1-2-14-6-5-7-16(10-14)24-12-15(22)11-21-13-20-18-9-4-3-8-17(18)19(21)23/h3-10,13,15,22H,2,11-12H2,1H3. The van der Waals surface area contributed by atoms with Crippen LogP contribution in [0.4, 0.5) is 0 Å². The molecule has 0 aliphatic heterocycles. The van der Waals surface area contributed by atoms with Crippen molar-refractivity contribution in [2.24, 2.45) is 0 Å². The maximum atomic E-state index is 12.4. The highest BCUT2D eigenvalue weighted by molar-refractivity contribution is 5.76. The number of para-hydroxylation sites is 1. The van der Waals surface area contributed by atoms with Crippen LogP contribution in [-0.2, 0) is 13.0 Å². The van der Waals surface area contributed by atoms with Crippen molar-refractivity contribution in [3.8, 4) is 5.75 Å². The zero-order valence-corrected chi connectivity index (χ0v) is 13.6. The number of nitrogens with zero attached hydrogens (tertiary/aromatic N) is 2. The Morgan fingerprint density at radius 3 is 2.88 bits per heavy atom. The summed E-state index contributed by atoms with van der Waals surface area (Å²) in [6.45, 7) is 2.34. The van der Waals surface area contributed by atoms with E-state index < -0.39 is 6.10 Å². The molecule has 0 amide bonds. The molecule has 5 nitrogen and oxygen atoms in total. The van der Waals surface area contributed by atoms with E-state index in [4.69, 9.17) is 4.74 Å². The van der Waals surface area contributed by atoms with Gasteiger partial charge in [0, 0.05) is 0 Å². The lowest BCUT2D eigenvalue weighted by atomic mass is 10.2. The lowest BCUT2D eigenvalue weighted by molar-refractivity contribution is 0.0914. The van der Waals surface area contributed by atoms with Crippen LogP contribution >= 0.6 is 0 Å². The van der Waals surface area contributed by atoms with Gasteiger partial charge in [0.2, 0.25) is 0 Å². The van der Waals surface area contributed by atoms with Crippen LogP contribution in [0.1, 0.15) is 12.5 Å². The van der Waals surface area contributed by atoms with Crippen molar-refractivity contribution < 1.29 is 9.84 Å². The fourth-order valence-electron chi connectivity index (χ4n) is 2.56. The van der Waals surface area contributed by atoms with Crippen molar-refractivity contribution in [1.29, 1.82) is 0 Å². The minimum absolute atomic E-state index is 0.117. The van der Waals surface area contributed by atoms with Gasteiger partial charge < -0.3 is 9.84 Å². The number of benzene rings is 2. The average Bonchev–Trinajstić information content (AvgIpc) is 2.63. The van der Waals surface area contributed by atoms with Crippen LogP contribution in [0.15, 0.2) is 59.7 Å². The fourth-order valence-corrected chi connectivity index (χ4v) is 2.56. The van der Waals surface area contributed by atoms with Gasteiger partial charge in [-0.3, -0.25) is 9.36 Å². The van der Waals surface area contributed by atoms with Gasteiger partial charge in [-0.25, -0.2) is 4.98 Å². The summed E-state index contributed by atoms with van der Waals surface area (Å²) < 4.78 is 7.04. The first kappa shape index (κ1) is 16.2. The van der Waals surface area contributed by atoms with E-state index in [1.165, 1.54) is 16.5 Å². The van der Waals surface area contributed by atoms with E-state index in [1.54, 1.807) is 18.2 Å². The Labute approximate surface area is 140 Å². The van der Waals surface area contributed by atoms with Gasteiger partial charge >= 0.3 is 0 Å². The highest BCUT2D eigenvalue weighted by Crippen LogP contribution is 2.14. The molecule has 0 spiro atoms. The number of ether oxygens (including phenoxy) is 1. The molecule has 124 valence electrons. The van der Waals surface area contributed by atoms with E-state index in [-0.39, 0.29) is 18.7 Å². The molecular formula is C19H20N2O3. The second-order valence-electron chi connectivity index (χ2n) is 5.69. The first-order valence-electron chi connectivity index (χ1n) is 8.01. The van der Waals surface area contributed by atoms with Crippen LogP contribution in [0, 0.1) is 0 Å². The van der Waals surface area contributed by atoms with E-state index in [0.29, 0.717) is 10.9 Å². The molecule has 1 unspecified atom stereocenters. The van der Waals surface area contributed by atoms with Gasteiger partial charge in [-0.2, -0.15) is 0 Å². The predicted molar refractivity (Wildman–Crippen MR) is 93.3 cm³/mol. The van der Waals surface area contributed by atoms with Crippen LogP contribution < -0.4 is 10.3 Å². The van der Waals surface area contributed by atoms with Crippen molar-refractivity contribution >= 4 is 10.9 Å². The second-order valence-corrected chi connectivity index (χ2v) is 5.69. The number of aryl methyl sites for hydroxylation is 1. The van der Waals surface area contributed by atoms with Crippen molar-refractivity contribution in [2.75, 3.05) is 6.61 Å². The van der Waals surface area contributed by atoms with E-state index >= 15 is 0 Å². The molecule has 0 bridgehead atoms. The zero-order chi connectivity index (χ0) is 16.9. The van der Waals surface area contributed by atoms with Gasteiger partial charge in [-0.05, 0) is 36.2 Å². The zero-order valence-electron chi connectivity index (χ0n) is 13.6. The van der Waals surface area contributed by atoms with Crippen molar-refractivity contribution in [3.63, 3.8) is 0 Å². The highest BCUT2D eigenvalue weighted by atomic mass is 16.5. The third-order valence-corrected chi connectivity index (χ3v) is 3.89. The topological polar surface area (TPSA) is 64.3 Å². The maximum absolute atomic E-state index is 12.4. The van der Waals surface area contributed by atoms with Gasteiger partial charge in [0.05, 0.1) is 23.8 Å². The van der Waals surface area contributed by atoms with Crippen molar-refractivity contribution in [3.05, 3.63) is 70.8 Å². The molecular weight excluding hydrogens is 304 g/mol. The third-order valence-electron chi connectivity index (χ3n) is 3.89. The molecule has 0 saturated heterocycles. The Morgan fingerprint density at radius 1 is 1.21 bits per heavy atom. The van der Waals surface area contributed by atoms with Crippen LogP contribution in [0.2, 0.25) is 0 Å². The number of aliphatic hydroxyl groups is 1. The summed E-state index contributed by atoms with van der Waals surface area (Å²) in [5.74, 6) is 0.720. The van der Waals surface area contributed by atoms with Gasteiger partial charge in [-0.1, -0.05) is 31.2 Å². The second kappa shape index (κ2) is 7.27. The first-order chi connectivity index (χ1) is 11.7. The molecule has 0 aliphatic carbocycles. The Kier molecular flexibility index (Phi) is 4.91. The summed E-state index contributed by atoms with van der Waals surface area (Å²) in [6.07, 6.45) is 1.60. The largest absolute Gasteiger partial charge is 0.491 e. The monoisotopic (exact) mass is 324 g/mol. The number of rotatable bonds is 6. The molecule has 1 atom stereocenters. The lowest BCUT2D eigenvalue weighted by Crippen LogP contribution is -2.30. The molecule has 24 heavy (non-hydrogen) atoms. The Morgan fingerprint density at radius 2 is 2.04 bits per heavy atom. The third kappa shape index (κ3) is 3.63. The minimum atomic E-state index is -0.795. The maximum Gasteiger partial charge on any atom is 0.261 e. The van der Waals surface area contributed by atoms with Crippen LogP contribution in [0.25, 0.3) is 10.9 Å². The SMILES string of the molecule is CCc1cccc(OCC(O)Cn2cnc3ccccc3c2=O)c1. The predicted octanol–water partition coefficient (Wildman–Crippen LogP) is 2.40. The molecule has 1 aromatic heterocycles. The number of hydrogen-bond acceptors (Lipinski definition) is 4. The smallest absolute Gasteiger partial charge is 0.261 e. The molecule has 3 aromatic rings. The van der Waals surface area contributed by atoms with E-state index in [9.17, 15) is 9.90 Å². The van der Waals surface area contributed by atoms with Crippen molar-refractivity contribution in [1.82, 2.24) is 9.55 Å². The summed E-state index contributed by atoms with van der Waals surface area (Å²) in [5.41, 5.74) is 1.67. The highest BCUT2D eigenvalue weighted by Gasteiger charge is 2.10. The number of aliphatic hydroxyl groups excluding tert-OH is 1. The van der Waals surface area contributed by atoms with Crippen LogP contribution in [0.3, 0.4) is 0 Å². The molecule has 0 aliphatic rings. The fraction of sp³-hybridized carbons (Fsp3) is 0.263. The number of aromatic nitrogens is 2. The molecule has 1 N–H and O–H groups in total. The molecule has 3 rings (SSSR count). The quantitative estimate of drug-likeness (QED) is 0.756.